The number of morpholine rings is 1. The van der Waals surface area contributed by atoms with Crippen LogP contribution in [0.25, 0.3) is 0 Å². The Labute approximate surface area is 208 Å². The lowest BCUT2D eigenvalue weighted by atomic mass is 9.85. The molecule has 5 rings (SSSR count). The first-order valence-corrected chi connectivity index (χ1v) is 11.8. The Kier molecular flexibility index (Phi) is 6.27. The second-order valence-electron chi connectivity index (χ2n) is 9.53. The standard InChI is InChI=1S/C25H30N6O5/c26-24(27)12-21(32)29-23(34)25(24,28)31-14-19-18(22(31)33)2-1-3-20(19)36-15-17-6-4-16(5-7-17)13-30-8-10-35-11-9-30/h1-7H,8-15,26-28H2,(H,29,32,34). The molecule has 0 aliphatic carbocycles. The SMILES string of the molecule is NC1(N)CC(=O)NC(=O)C1(N)N1Cc2c(OCc3ccc(CN4CCOCC4)cc3)cccc2C1=O. The summed E-state index contributed by atoms with van der Waals surface area (Å²) in [6.07, 6.45) is -0.403. The van der Waals surface area contributed by atoms with Crippen molar-refractivity contribution >= 4 is 17.7 Å². The van der Waals surface area contributed by atoms with E-state index in [0.717, 1.165) is 43.3 Å². The van der Waals surface area contributed by atoms with Crippen molar-refractivity contribution in [1.82, 2.24) is 15.1 Å². The monoisotopic (exact) mass is 494 g/mol. The molecule has 3 heterocycles. The van der Waals surface area contributed by atoms with Crippen LogP contribution in [0.15, 0.2) is 42.5 Å². The fourth-order valence-corrected chi connectivity index (χ4v) is 4.90. The lowest BCUT2D eigenvalue weighted by Crippen LogP contribution is -2.86. The third kappa shape index (κ3) is 4.25. The Morgan fingerprint density at radius 3 is 2.36 bits per heavy atom. The highest BCUT2D eigenvalue weighted by Gasteiger charge is 2.61. The average molecular weight is 495 g/mol. The zero-order chi connectivity index (χ0) is 25.5. The topological polar surface area (TPSA) is 166 Å². The number of nitrogens with zero attached hydrogens (tertiary/aromatic N) is 2. The summed E-state index contributed by atoms with van der Waals surface area (Å²) in [4.78, 5) is 41.3. The van der Waals surface area contributed by atoms with Gasteiger partial charge in [-0.25, -0.2) is 0 Å². The highest BCUT2D eigenvalue weighted by molar-refractivity contribution is 6.08. The molecule has 0 bridgehead atoms. The summed E-state index contributed by atoms with van der Waals surface area (Å²) < 4.78 is 11.5. The number of carbonyl (C=O) groups is 3. The van der Waals surface area contributed by atoms with Gasteiger partial charge in [0.15, 0.2) is 0 Å². The molecule has 11 nitrogen and oxygen atoms in total. The van der Waals surface area contributed by atoms with Crippen LogP contribution in [-0.4, -0.2) is 65.2 Å². The fourth-order valence-electron chi connectivity index (χ4n) is 4.90. The molecule has 3 aliphatic rings. The molecule has 1 unspecified atom stereocenters. The molecule has 190 valence electrons. The van der Waals surface area contributed by atoms with Crippen LogP contribution in [0.3, 0.4) is 0 Å². The molecule has 0 aromatic heterocycles. The van der Waals surface area contributed by atoms with E-state index in [1.165, 1.54) is 5.56 Å². The summed E-state index contributed by atoms with van der Waals surface area (Å²) in [5, 5.41) is 2.14. The highest BCUT2D eigenvalue weighted by Crippen LogP contribution is 2.37. The van der Waals surface area contributed by atoms with Crippen molar-refractivity contribution in [3.05, 3.63) is 64.7 Å². The van der Waals surface area contributed by atoms with Gasteiger partial charge in [0.2, 0.25) is 11.6 Å². The maximum Gasteiger partial charge on any atom is 0.270 e. The van der Waals surface area contributed by atoms with Crippen molar-refractivity contribution in [1.29, 1.82) is 0 Å². The molecule has 7 N–H and O–H groups in total. The summed E-state index contributed by atoms with van der Waals surface area (Å²) >= 11 is 0. The normalized spacial score (nSPS) is 24.0. The number of benzene rings is 2. The first-order valence-electron chi connectivity index (χ1n) is 11.8. The molecular weight excluding hydrogens is 464 g/mol. The largest absolute Gasteiger partial charge is 0.489 e. The molecule has 36 heavy (non-hydrogen) atoms. The van der Waals surface area contributed by atoms with E-state index < -0.39 is 35.5 Å². The Hall–Kier alpha value is -3.35. The number of piperidine rings is 1. The van der Waals surface area contributed by atoms with Gasteiger partial charge in [-0.05, 0) is 23.3 Å². The number of imide groups is 1. The third-order valence-electron chi connectivity index (χ3n) is 7.04. The third-order valence-corrected chi connectivity index (χ3v) is 7.04. The summed E-state index contributed by atoms with van der Waals surface area (Å²) in [6, 6.07) is 13.3. The molecule has 0 spiro atoms. The number of nitrogens with two attached hydrogens (primary N) is 3. The Balaban J connectivity index is 1.29. The number of rotatable bonds is 6. The first kappa shape index (κ1) is 24.3. The van der Waals surface area contributed by atoms with E-state index >= 15 is 0 Å². The smallest absolute Gasteiger partial charge is 0.270 e. The average Bonchev–Trinajstić information content (AvgIpc) is 3.20. The van der Waals surface area contributed by atoms with Crippen LogP contribution in [0.4, 0.5) is 0 Å². The zero-order valence-electron chi connectivity index (χ0n) is 19.9. The van der Waals surface area contributed by atoms with Gasteiger partial charge < -0.3 is 25.8 Å². The number of nitrogens with one attached hydrogen (secondary N) is 1. The van der Waals surface area contributed by atoms with Gasteiger partial charge in [-0.3, -0.25) is 30.3 Å². The van der Waals surface area contributed by atoms with Gasteiger partial charge in [0.1, 0.15) is 18.0 Å². The van der Waals surface area contributed by atoms with E-state index in [1.54, 1.807) is 18.2 Å². The van der Waals surface area contributed by atoms with E-state index in [0.29, 0.717) is 23.5 Å². The van der Waals surface area contributed by atoms with Crippen molar-refractivity contribution in [2.75, 3.05) is 26.3 Å². The lowest BCUT2D eigenvalue weighted by Gasteiger charge is -2.48. The molecule has 2 saturated heterocycles. The molecule has 1 atom stereocenters. The molecule has 2 aromatic carbocycles. The summed E-state index contributed by atoms with van der Waals surface area (Å²) in [5.41, 5.74) is 17.6. The molecular formula is C25H30N6O5. The maximum atomic E-state index is 13.2. The van der Waals surface area contributed by atoms with Gasteiger partial charge >= 0.3 is 0 Å². The predicted molar refractivity (Wildman–Crippen MR) is 129 cm³/mol. The van der Waals surface area contributed by atoms with E-state index in [-0.39, 0.29) is 6.54 Å². The fraction of sp³-hybridized carbons (Fsp3) is 0.400. The minimum absolute atomic E-state index is 0.0307. The highest BCUT2D eigenvalue weighted by atomic mass is 16.5. The van der Waals surface area contributed by atoms with Crippen LogP contribution in [0, 0.1) is 0 Å². The van der Waals surface area contributed by atoms with E-state index in [4.69, 9.17) is 26.7 Å². The van der Waals surface area contributed by atoms with Gasteiger partial charge in [-0.15, -0.1) is 0 Å². The van der Waals surface area contributed by atoms with Crippen LogP contribution in [0.5, 0.6) is 5.75 Å². The van der Waals surface area contributed by atoms with E-state index in [1.807, 2.05) is 12.1 Å². The summed E-state index contributed by atoms with van der Waals surface area (Å²) in [6.45, 7) is 4.52. The number of amides is 3. The van der Waals surface area contributed by atoms with E-state index in [9.17, 15) is 14.4 Å². The lowest BCUT2D eigenvalue weighted by molar-refractivity contribution is -0.148. The molecule has 2 aromatic rings. The maximum absolute atomic E-state index is 13.2. The predicted octanol–water partition coefficient (Wildman–Crippen LogP) is -0.631. The van der Waals surface area contributed by atoms with Crippen LogP contribution < -0.4 is 27.3 Å². The quantitative estimate of drug-likeness (QED) is 0.302. The van der Waals surface area contributed by atoms with Crippen molar-refractivity contribution in [2.45, 2.75) is 37.4 Å². The molecule has 11 heteroatoms. The van der Waals surface area contributed by atoms with Gasteiger partial charge in [0, 0.05) is 30.8 Å². The van der Waals surface area contributed by atoms with Crippen LogP contribution >= 0.6 is 0 Å². The minimum Gasteiger partial charge on any atom is -0.489 e. The summed E-state index contributed by atoms with van der Waals surface area (Å²) in [7, 11) is 0. The number of hydrogen-bond acceptors (Lipinski definition) is 9. The van der Waals surface area contributed by atoms with Crippen molar-refractivity contribution < 1.29 is 23.9 Å². The number of ether oxygens (including phenoxy) is 2. The molecule has 2 fully saturated rings. The number of fused-ring (bicyclic) bond motifs is 1. The van der Waals surface area contributed by atoms with E-state index in [2.05, 4.69) is 22.3 Å². The van der Waals surface area contributed by atoms with Crippen molar-refractivity contribution in [2.24, 2.45) is 17.2 Å². The van der Waals surface area contributed by atoms with Crippen LogP contribution in [-0.2, 0) is 34.0 Å². The Bertz CT molecular complexity index is 1190. The molecule has 3 amide bonds. The molecule has 3 aliphatic heterocycles. The van der Waals surface area contributed by atoms with Gasteiger partial charge in [0.05, 0.1) is 26.2 Å². The Morgan fingerprint density at radius 2 is 1.67 bits per heavy atom. The van der Waals surface area contributed by atoms with Gasteiger partial charge in [-0.1, -0.05) is 30.3 Å². The van der Waals surface area contributed by atoms with Crippen molar-refractivity contribution in [3.63, 3.8) is 0 Å². The molecule has 0 saturated carbocycles. The van der Waals surface area contributed by atoms with Gasteiger partial charge in [0.25, 0.3) is 11.8 Å². The first-order chi connectivity index (χ1) is 17.2. The van der Waals surface area contributed by atoms with Crippen molar-refractivity contribution in [3.8, 4) is 5.75 Å². The summed E-state index contributed by atoms with van der Waals surface area (Å²) in [5.74, 6) is -1.56. The second-order valence-corrected chi connectivity index (χ2v) is 9.53. The number of carbonyl (C=O) groups excluding carboxylic acids is 3. The second kappa shape index (κ2) is 9.26. The van der Waals surface area contributed by atoms with Crippen LogP contribution in [0.1, 0.15) is 33.5 Å². The molecule has 0 radical (unpaired) electrons. The Morgan fingerprint density at radius 1 is 0.972 bits per heavy atom. The van der Waals surface area contributed by atoms with Gasteiger partial charge in [-0.2, -0.15) is 0 Å². The van der Waals surface area contributed by atoms with Crippen LogP contribution in [0.2, 0.25) is 0 Å². The minimum atomic E-state index is -2.11. The zero-order valence-corrected chi connectivity index (χ0v) is 19.9. The number of hydrogen-bond donors (Lipinski definition) is 4.